The lowest BCUT2D eigenvalue weighted by atomic mass is 9.88. The Balaban J connectivity index is 1.78. The van der Waals surface area contributed by atoms with E-state index in [-0.39, 0.29) is 5.92 Å². The van der Waals surface area contributed by atoms with Gasteiger partial charge in [0.25, 0.3) is 0 Å². The Morgan fingerprint density at radius 2 is 1.23 bits per heavy atom. The Bertz CT molecular complexity index is 945. The number of rotatable bonds is 5. The molecule has 0 N–H and O–H groups in total. The molecule has 0 aliphatic heterocycles. The molecule has 0 aromatic heterocycles. The molecule has 0 saturated heterocycles. The second-order valence-electron chi connectivity index (χ2n) is 6.64. The van der Waals surface area contributed by atoms with Gasteiger partial charge in [0.15, 0.2) is 0 Å². The smallest absolute Gasteiger partial charge is 0.0232 e. The number of benzene rings is 3. The molecule has 0 fully saturated rings. The monoisotopic (exact) mass is 334 g/mol. The molecule has 0 spiro atoms. The second kappa shape index (κ2) is 7.41. The van der Waals surface area contributed by atoms with E-state index in [0.717, 1.165) is 6.42 Å². The molecule has 0 heteroatoms. The van der Waals surface area contributed by atoms with Crippen molar-refractivity contribution in [2.75, 3.05) is 0 Å². The molecule has 0 radical (unpaired) electrons. The van der Waals surface area contributed by atoms with Crippen molar-refractivity contribution in [2.45, 2.75) is 12.3 Å². The molecule has 1 unspecified atom stereocenters. The maximum atomic E-state index is 4.12. The van der Waals surface area contributed by atoms with Crippen molar-refractivity contribution in [1.29, 1.82) is 0 Å². The van der Waals surface area contributed by atoms with E-state index in [1.165, 1.54) is 33.4 Å². The van der Waals surface area contributed by atoms with E-state index in [0.29, 0.717) is 0 Å². The minimum atomic E-state index is 0.246. The Labute approximate surface area is 155 Å². The van der Waals surface area contributed by atoms with Crippen LogP contribution in [0.4, 0.5) is 0 Å². The summed E-state index contributed by atoms with van der Waals surface area (Å²) in [6.45, 7) is 4.12. The molecule has 0 heterocycles. The van der Waals surface area contributed by atoms with Crippen LogP contribution in [0, 0.1) is 0 Å². The van der Waals surface area contributed by atoms with Crippen LogP contribution in [0.5, 0.6) is 0 Å². The van der Waals surface area contributed by atoms with Gasteiger partial charge in [-0.25, -0.2) is 0 Å². The van der Waals surface area contributed by atoms with Crippen LogP contribution in [0.1, 0.15) is 29.0 Å². The van der Waals surface area contributed by atoms with Crippen molar-refractivity contribution in [3.63, 3.8) is 0 Å². The number of hydrogen-bond donors (Lipinski definition) is 0. The molecule has 0 bridgehead atoms. The molecule has 126 valence electrons. The largest absolute Gasteiger partial charge is 0.102 e. The molecule has 1 atom stereocenters. The summed E-state index contributed by atoms with van der Waals surface area (Å²) in [4.78, 5) is 0. The van der Waals surface area contributed by atoms with Gasteiger partial charge in [0.05, 0.1) is 0 Å². The number of allylic oxidation sites excluding steroid dienone is 5. The molecular weight excluding hydrogens is 312 g/mol. The highest BCUT2D eigenvalue weighted by atomic mass is 14.3. The first-order valence-corrected chi connectivity index (χ1v) is 9.09. The van der Waals surface area contributed by atoms with Gasteiger partial charge in [0, 0.05) is 5.92 Å². The lowest BCUT2D eigenvalue weighted by Gasteiger charge is -2.15. The summed E-state index contributed by atoms with van der Waals surface area (Å²) in [5, 5.41) is 0. The number of hydrogen-bond acceptors (Lipinski definition) is 0. The SMILES string of the molecule is C=CC(C1=CC(c2ccccc2)=C(c2ccccc2)C1)c1ccccc1. The maximum absolute atomic E-state index is 4.12. The molecule has 1 aliphatic rings. The molecule has 4 rings (SSSR count). The molecule has 1 aliphatic carbocycles. The molecule has 3 aromatic rings. The van der Waals surface area contributed by atoms with Crippen molar-refractivity contribution < 1.29 is 0 Å². The first-order valence-electron chi connectivity index (χ1n) is 9.09. The highest BCUT2D eigenvalue weighted by Gasteiger charge is 2.23. The van der Waals surface area contributed by atoms with E-state index >= 15 is 0 Å². The summed E-state index contributed by atoms with van der Waals surface area (Å²) in [5.41, 5.74) is 8.01. The Hall–Kier alpha value is -3.12. The highest BCUT2D eigenvalue weighted by molar-refractivity contribution is 6.00. The zero-order chi connectivity index (χ0) is 17.8. The minimum Gasteiger partial charge on any atom is -0.102 e. The zero-order valence-corrected chi connectivity index (χ0v) is 14.8. The minimum absolute atomic E-state index is 0.246. The van der Waals surface area contributed by atoms with Crippen LogP contribution >= 0.6 is 0 Å². The summed E-state index contributed by atoms with van der Waals surface area (Å²) >= 11 is 0. The standard InChI is InChI=1S/C26H22/c1-2-24(20-12-6-3-7-13-20)23-18-25(21-14-8-4-9-15-21)26(19-23)22-16-10-5-11-17-22/h2-18,24H,1,19H2. The fraction of sp³-hybridized carbons (Fsp3) is 0.0769. The van der Waals surface area contributed by atoms with Gasteiger partial charge in [0.1, 0.15) is 0 Å². The molecule has 3 aromatic carbocycles. The average molecular weight is 334 g/mol. The molecule has 0 saturated carbocycles. The van der Waals surface area contributed by atoms with Gasteiger partial charge in [-0.1, -0.05) is 109 Å². The lowest BCUT2D eigenvalue weighted by Crippen LogP contribution is -1.98. The van der Waals surface area contributed by atoms with E-state index in [1.807, 2.05) is 0 Å². The normalized spacial score (nSPS) is 14.8. The third-order valence-electron chi connectivity index (χ3n) is 5.04. The lowest BCUT2D eigenvalue weighted by molar-refractivity contribution is 0.965. The van der Waals surface area contributed by atoms with Gasteiger partial charge in [-0.2, -0.15) is 0 Å². The van der Waals surface area contributed by atoms with E-state index in [1.54, 1.807) is 0 Å². The summed E-state index contributed by atoms with van der Waals surface area (Å²) in [6, 6.07) is 32.1. The van der Waals surface area contributed by atoms with Gasteiger partial charge in [0.2, 0.25) is 0 Å². The average Bonchev–Trinajstić information content (AvgIpc) is 3.16. The molecular formula is C26H22. The molecule has 0 nitrogen and oxygen atoms in total. The Kier molecular flexibility index (Phi) is 4.66. The van der Waals surface area contributed by atoms with Crippen LogP contribution < -0.4 is 0 Å². The fourth-order valence-electron chi connectivity index (χ4n) is 3.76. The first kappa shape index (κ1) is 16.4. The zero-order valence-electron chi connectivity index (χ0n) is 14.8. The third kappa shape index (κ3) is 3.19. The van der Waals surface area contributed by atoms with Crippen LogP contribution in [0.15, 0.2) is 115 Å². The van der Waals surface area contributed by atoms with E-state index < -0.39 is 0 Å². The predicted molar refractivity (Wildman–Crippen MR) is 112 cm³/mol. The van der Waals surface area contributed by atoms with Crippen LogP contribution in [-0.4, -0.2) is 0 Å². The Morgan fingerprint density at radius 3 is 1.81 bits per heavy atom. The van der Waals surface area contributed by atoms with Gasteiger partial charge in [-0.05, 0) is 34.3 Å². The van der Waals surface area contributed by atoms with Crippen LogP contribution in [-0.2, 0) is 0 Å². The van der Waals surface area contributed by atoms with Gasteiger partial charge >= 0.3 is 0 Å². The van der Waals surface area contributed by atoms with Crippen LogP contribution in [0.3, 0.4) is 0 Å². The highest BCUT2D eigenvalue weighted by Crippen LogP contribution is 2.43. The van der Waals surface area contributed by atoms with Crippen molar-refractivity contribution in [1.82, 2.24) is 0 Å². The molecule has 26 heavy (non-hydrogen) atoms. The topological polar surface area (TPSA) is 0 Å². The van der Waals surface area contributed by atoms with Gasteiger partial charge in [-0.3, -0.25) is 0 Å². The quantitative estimate of drug-likeness (QED) is 0.445. The van der Waals surface area contributed by atoms with Gasteiger partial charge in [-0.15, -0.1) is 6.58 Å². The van der Waals surface area contributed by atoms with E-state index in [2.05, 4.69) is 110 Å². The second-order valence-corrected chi connectivity index (χ2v) is 6.64. The fourth-order valence-corrected chi connectivity index (χ4v) is 3.76. The van der Waals surface area contributed by atoms with E-state index in [4.69, 9.17) is 0 Å². The first-order chi connectivity index (χ1) is 12.9. The maximum Gasteiger partial charge on any atom is 0.0232 e. The summed E-state index contributed by atoms with van der Waals surface area (Å²) in [7, 11) is 0. The van der Waals surface area contributed by atoms with Gasteiger partial charge < -0.3 is 0 Å². The third-order valence-corrected chi connectivity index (χ3v) is 5.04. The predicted octanol–water partition coefficient (Wildman–Crippen LogP) is 6.90. The van der Waals surface area contributed by atoms with Crippen molar-refractivity contribution in [2.24, 2.45) is 0 Å². The molecule has 0 amide bonds. The van der Waals surface area contributed by atoms with Crippen molar-refractivity contribution in [3.8, 4) is 0 Å². The van der Waals surface area contributed by atoms with Crippen molar-refractivity contribution >= 4 is 11.1 Å². The van der Waals surface area contributed by atoms with Crippen LogP contribution in [0.25, 0.3) is 11.1 Å². The summed E-state index contributed by atoms with van der Waals surface area (Å²) < 4.78 is 0. The Morgan fingerprint density at radius 1 is 0.692 bits per heavy atom. The van der Waals surface area contributed by atoms with Crippen LogP contribution in [0.2, 0.25) is 0 Å². The van der Waals surface area contributed by atoms with E-state index in [9.17, 15) is 0 Å². The summed E-state index contributed by atoms with van der Waals surface area (Å²) in [6.07, 6.45) is 5.40. The van der Waals surface area contributed by atoms with Crippen molar-refractivity contribution in [3.05, 3.63) is 132 Å². The summed E-state index contributed by atoms with van der Waals surface area (Å²) in [5.74, 6) is 0.246.